The van der Waals surface area contributed by atoms with E-state index in [0.717, 1.165) is 11.6 Å². The van der Waals surface area contributed by atoms with Crippen molar-refractivity contribution in [1.82, 2.24) is 0 Å². The summed E-state index contributed by atoms with van der Waals surface area (Å²) in [6.07, 6.45) is 3.57. The van der Waals surface area contributed by atoms with Crippen LogP contribution in [0.2, 0.25) is 0 Å². The third-order valence-corrected chi connectivity index (χ3v) is 3.99. The van der Waals surface area contributed by atoms with E-state index in [0.29, 0.717) is 17.9 Å². The number of aliphatic carboxylic acids is 1. The summed E-state index contributed by atoms with van der Waals surface area (Å²) < 4.78 is 0. The van der Waals surface area contributed by atoms with Crippen LogP contribution in [0.1, 0.15) is 46.1 Å². The maximum Gasteiger partial charge on any atom is 0.124 e. The number of aliphatic hydroxyl groups excluding tert-OH is 1. The minimum atomic E-state index is -1.17. The van der Waals surface area contributed by atoms with Gasteiger partial charge >= 0.3 is 0 Å². The zero-order chi connectivity index (χ0) is 17.7. The molecule has 1 heterocycles. The largest absolute Gasteiger partial charge is 0.545 e. The number of rotatable bonds is 2. The highest BCUT2D eigenvalue weighted by Crippen LogP contribution is 2.22. The molecule has 2 rings (SSSR count). The van der Waals surface area contributed by atoms with E-state index in [1.165, 1.54) is 6.08 Å². The molecule has 0 unspecified atom stereocenters. The van der Waals surface area contributed by atoms with Crippen molar-refractivity contribution in [3.8, 4) is 0 Å². The Morgan fingerprint density at radius 1 is 1.17 bits per heavy atom. The fraction of sp³-hybridized carbons (Fsp3) is 0.500. The maximum absolute atomic E-state index is 9.97. The van der Waals surface area contributed by atoms with E-state index in [-0.39, 0.29) is 17.2 Å². The van der Waals surface area contributed by atoms with Crippen molar-refractivity contribution in [2.24, 2.45) is 0 Å². The first-order valence-electron chi connectivity index (χ1n) is 7.74. The lowest BCUT2D eigenvalue weighted by atomic mass is 9.80. The second kappa shape index (κ2) is 7.73. The van der Waals surface area contributed by atoms with Crippen molar-refractivity contribution >= 4 is 12.0 Å². The third-order valence-electron chi connectivity index (χ3n) is 3.99. The van der Waals surface area contributed by atoms with Crippen LogP contribution in [0.3, 0.4) is 0 Å². The normalized spacial score (nSPS) is 25.5. The number of carboxylic acids is 1. The number of hydroxylamine groups is 2. The zero-order valence-electron chi connectivity index (χ0n) is 14.2. The number of carbonyl (C=O) groups is 1. The average Bonchev–Trinajstić information content (AvgIpc) is 2.43. The first kappa shape index (κ1) is 19.4. The topological polar surface area (TPSA) is 85.0 Å². The highest BCUT2D eigenvalue weighted by Gasteiger charge is 2.49. The number of benzene rings is 1. The van der Waals surface area contributed by atoms with Gasteiger partial charge in [-0.2, -0.15) is 5.06 Å². The molecule has 128 valence electrons. The number of nitrogens with one attached hydrogen (secondary N) is 1. The van der Waals surface area contributed by atoms with Gasteiger partial charge < -0.3 is 15.0 Å². The van der Waals surface area contributed by atoms with Gasteiger partial charge in [0.25, 0.3) is 0 Å². The quantitative estimate of drug-likeness (QED) is 0.689. The predicted octanol–water partition coefficient (Wildman–Crippen LogP) is 0.422. The van der Waals surface area contributed by atoms with Gasteiger partial charge in [0.15, 0.2) is 0 Å². The summed E-state index contributed by atoms with van der Waals surface area (Å²) >= 11 is 0. The molecule has 0 aliphatic carbocycles. The molecule has 0 bridgehead atoms. The molecular formula is C18H27NO4. The van der Waals surface area contributed by atoms with Crippen LogP contribution >= 0.6 is 0 Å². The maximum atomic E-state index is 9.97. The fourth-order valence-corrected chi connectivity index (χ4v) is 3.09. The van der Waals surface area contributed by atoms with Crippen molar-refractivity contribution in [2.45, 2.75) is 57.7 Å². The van der Waals surface area contributed by atoms with Crippen LogP contribution in [0.5, 0.6) is 0 Å². The van der Waals surface area contributed by atoms with Crippen LogP contribution in [0.4, 0.5) is 0 Å². The SMILES string of the molecule is CC1(C)CC(O)CC(C)(C)[NH+]1O.O=C([O-])C=Cc1ccccc1. The second-order valence-corrected chi connectivity index (χ2v) is 7.24. The molecule has 0 aromatic heterocycles. The molecule has 1 aromatic carbocycles. The van der Waals surface area contributed by atoms with E-state index in [4.69, 9.17) is 0 Å². The summed E-state index contributed by atoms with van der Waals surface area (Å²) in [5, 5.41) is 30.0. The summed E-state index contributed by atoms with van der Waals surface area (Å²) in [7, 11) is 0. The standard InChI is InChI=1S/C9H19NO2.C9H8O2/c1-8(2)5-7(11)6-9(3,4)10(8)12;10-9(11)7-6-8-4-2-1-3-5-8/h7,11-12H,5-6H2,1-4H3;1-7H,(H,10,11). The van der Waals surface area contributed by atoms with Crippen LogP contribution in [-0.2, 0) is 4.79 Å². The molecule has 0 saturated carbocycles. The minimum absolute atomic E-state index is 0.235. The highest BCUT2D eigenvalue weighted by atomic mass is 16.5. The van der Waals surface area contributed by atoms with Gasteiger partial charge in [0.05, 0.1) is 12.1 Å². The van der Waals surface area contributed by atoms with Gasteiger partial charge in [0, 0.05) is 12.8 Å². The number of aliphatic hydroxyl groups is 1. The summed E-state index contributed by atoms with van der Waals surface area (Å²) in [5.41, 5.74) is 0.388. The summed E-state index contributed by atoms with van der Waals surface area (Å²) in [5.74, 6) is -1.17. The van der Waals surface area contributed by atoms with Crippen molar-refractivity contribution in [3.05, 3.63) is 42.0 Å². The Labute approximate surface area is 137 Å². The number of quaternary nitrogens is 1. The van der Waals surface area contributed by atoms with Gasteiger partial charge in [-0.3, -0.25) is 0 Å². The molecule has 0 atom stereocenters. The van der Waals surface area contributed by atoms with Gasteiger partial charge in [-0.05, 0) is 39.3 Å². The summed E-state index contributed by atoms with van der Waals surface area (Å²) in [6, 6.07) is 9.19. The molecule has 0 radical (unpaired) electrons. The van der Waals surface area contributed by atoms with Crippen molar-refractivity contribution in [3.63, 3.8) is 0 Å². The first-order valence-corrected chi connectivity index (χ1v) is 7.74. The predicted molar refractivity (Wildman–Crippen MR) is 86.6 cm³/mol. The van der Waals surface area contributed by atoms with Crippen molar-refractivity contribution in [2.75, 3.05) is 0 Å². The van der Waals surface area contributed by atoms with E-state index in [2.05, 4.69) is 0 Å². The molecule has 1 aliphatic heterocycles. The Morgan fingerprint density at radius 3 is 2.09 bits per heavy atom. The van der Waals surface area contributed by atoms with Gasteiger partial charge in [0.1, 0.15) is 11.1 Å². The van der Waals surface area contributed by atoms with Crippen molar-refractivity contribution < 1.29 is 25.3 Å². The number of carboxylic acid groups (broad SMARTS) is 1. The molecule has 5 heteroatoms. The van der Waals surface area contributed by atoms with Crippen LogP contribution in [0, 0.1) is 0 Å². The lowest BCUT2D eigenvalue weighted by Gasteiger charge is -2.45. The first-order chi connectivity index (χ1) is 10.5. The van der Waals surface area contributed by atoms with E-state index in [1.54, 1.807) is 0 Å². The molecule has 1 fully saturated rings. The van der Waals surface area contributed by atoms with Crippen molar-refractivity contribution in [1.29, 1.82) is 0 Å². The monoisotopic (exact) mass is 321 g/mol. The number of piperidine rings is 1. The highest BCUT2D eigenvalue weighted by molar-refractivity contribution is 5.83. The molecule has 23 heavy (non-hydrogen) atoms. The van der Waals surface area contributed by atoms with E-state index < -0.39 is 5.97 Å². The summed E-state index contributed by atoms with van der Waals surface area (Å²) in [6.45, 7) is 7.91. The third kappa shape index (κ3) is 6.14. The molecule has 0 amide bonds. The van der Waals surface area contributed by atoms with Gasteiger partial charge in [-0.15, -0.1) is 0 Å². The van der Waals surface area contributed by atoms with Crippen LogP contribution < -0.4 is 10.2 Å². The van der Waals surface area contributed by atoms with E-state index in [9.17, 15) is 20.2 Å². The Kier molecular flexibility index (Phi) is 6.50. The van der Waals surface area contributed by atoms with E-state index >= 15 is 0 Å². The zero-order valence-corrected chi connectivity index (χ0v) is 14.2. The molecular weight excluding hydrogens is 294 g/mol. The minimum Gasteiger partial charge on any atom is -0.545 e. The summed E-state index contributed by atoms with van der Waals surface area (Å²) in [4.78, 5) is 9.97. The molecule has 3 N–H and O–H groups in total. The Balaban J connectivity index is 0.000000231. The van der Waals surface area contributed by atoms with Crippen LogP contribution in [-0.4, -0.2) is 33.5 Å². The van der Waals surface area contributed by atoms with Gasteiger partial charge in [-0.25, -0.2) is 5.21 Å². The molecule has 1 aliphatic rings. The fourth-order valence-electron chi connectivity index (χ4n) is 3.09. The van der Waals surface area contributed by atoms with Gasteiger partial charge in [0.2, 0.25) is 0 Å². The average molecular weight is 321 g/mol. The Bertz CT molecular complexity index is 519. The molecule has 1 saturated heterocycles. The number of hydrogen-bond donors (Lipinski definition) is 3. The van der Waals surface area contributed by atoms with Crippen LogP contribution in [0.15, 0.2) is 36.4 Å². The molecule has 1 aromatic rings. The van der Waals surface area contributed by atoms with E-state index in [1.807, 2.05) is 58.0 Å². The number of carbonyl (C=O) groups excluding carboxylic acids is 1. The molecule has 0 spiro atoms. The Morgan fingerprint density at radius 2 is 1.65 bits per heavy atom. The lowest BCUT2D eigenvalue weighted by molar-refractivity contribution is -1.16. The Hall–Kier alpha value is -1.69. The van der Waals surface area contributed by atoms with Gasteiger partial charge in [-0.1, -0.05) is 36.4 Å². The smallest absolute Gasteiger partial charge is 0.124 e. The lowest BCUT2D eigenvalue weighted by Crippen LogP contribution is -3.25. The molecule has 5 nitrogen and oxygen atoms in total. The van der Waals surface area contributed by atoms with Crippen LogP contribution in [0.25, 0.3) is 6.08 Å². The number of hydrogen-bond acceptors (Lipinski definition) is 4. The second-order valence-electron chi connectivity index (χ2n) is 7.24.